The molecule has 0 aliphatic heterocycles. The molecule has 0 aromatic rings. The number of hydrogen-bond donors (Lipinski definition) is 2. The summed E-state index contributed by atoms with van der Waals surface area (Å²) < 4.78 is 11.0. The van der Waals surface area contributed by atoms with Gasteiger partial charge in [-0.25, -0.2) is 4.79 Å². The van der Waals surface area contributed by atoms with Gasteiger partial charge in [0.15, 0.2) is 0 Å². The second-order valence-electron chi connectivity index (χ2n) is 4.06. The monoisotopic (exact) mass is 220 g/mol. The van der Waals surface area contributed by atoms with E-state index in [-0.39, 0.29) is 11.6 Å². The molecule has 14 heavy (non-hydrogen) atoms. The Morgan fingerprint density at radius 2 is 1.93 bits per heavy atom. The number of hydrogen-bond acceptors (Lipinski definition) is 2. The van der Waals surface area contributed by atoms with E-state index in [0.29, 0.717) is 18.1 Å². The molecule has 4 nitrogen and oxygen atoms in total. The molecule has 0 spiro atoms. The lowest BCUT2D eigenvalue weighted by Crippen LogP contribution is -2.47. The Hall–Kier alpha value is -0.580. The predicted molar refractivity (Wildman–Crippen MR) is 59.8 cm³/mol. The van der Waals surface area contributed by atoms with Crippen LogP contribution in [0.2, 0.25) is 0 Å². The highest BCUT2D eigenvalue weighted by Crippen LogP contribution is 1.97. The van der Waals surface area contributed by atoms with E-state index in [1.165, 1.54) is 0 Å². The Balaban J connectivity index is 3.60. The first-order valence-corrected chi connectivity index (χ1v) is 6.25. The molecule has 0 aromatic heterocycles. The first kappa shape index (κ1) is 13.4. The van der Waals surface area contributed by atoms with Gasteiger partial charge in [-0.2, -0.15) is 0 Å². The molecule has 0 bridgehead atoms. The van der Waals surface area contributed by atoms with E-state index < -0.39 is 10.8 Å². The maximum Gasteiger partial charge on any atom is 0.315 e. The summed E-state index contributed by atoms with van der Waals surface area (Å²) >= 11 is 0. The summed E-state index contributed by atoms with van der Waals surface area (Å²) in [6.07, 6.45) is 0. The van der Waals surface area contributed by atoms with E-state index in [0.717, 1.165) is 0 Å². The fourth-order valence-corrected chi connectivity index (χ4v) is 1.43. The minimum Gasteiger partial charge on any atom is -0.337 e. The van der Waals surface area contributed by atoms with Gasteiger partial charge in [0.05, 0.1) is 0 Å². The first-order chi connectivity index (χ1) is 6.35. The Morgan fingerprint density at radius 3 is 2.36 bits per heavy atom. The molecule has 0 rings (SSSR count). The van der Waals surface area contributed by atoms with Gasteiger partial charge in [-0.3, -0.25) is 4.21 Å². The zero-order valence-electron chi connectivity index (χ0n) is 9.35. The molecular formula is C9H20N2O2S. The van der Waals surface area contributed by atoms with Crippen LogP contribution in [-0.4, -0.2) is 33.8 Å². The van der Waals surface area contributed by atoms with Crippen molar-refractivity contribution >= 4 is 16.8 Å². The Bertz CT molecular complexity index is 211. The SMILES string of the molecule is CCS(=O)CCNC(=O)NC(C)(C)C. The van der Waals surface area contributed by atoms with Crippen LogP contribution in [0.25, 0.3) is 0 Å². The lowest BCUT2D eigenvalue weighted by Gasteiger charge is -2.20. The van der Waals surface area contributed by atoms with Crippen molar-refractivity contribution in [1.82, 2.24) is 10.6 Å². The first-order valence-electron chi connectivity index (χ1n) is 4.76. The van der Waals surface area contributed by atoms with Crippen LogP contribution in [0, 0.1) is 0 Å². The van der Waals surface area contributed by atoms with E-state index in [1.54, 1.807) is 0 Å². The molecule has 0 aliphatic rings. The number of urea groups is 1. The van der Waals surface area contributed by atoms with Crippen molar-refractivity contribution < 1.29 is 9.00 Å². The van der Waals surface area contributed by atoms with Crippen molar-refractivity contribution in [3.8, 4) is 0 Å². The smallest absolute Gasteiger partial charge is 0.315 e. The summed E-state index contributed by atoms with van der Waals surface area (Å²) in [4.78, 5) is 11.2. The molecule has 0 radical (unpaired) electrons. The maximum absolute atomic E-state index is 11.2. The van der Waals surface area contributed by atoms with Gasteiger partial charge in [0, 0.05) is 34.4 Å². The quantitative estimate of drug-likeness (QED) is 0.738. The lowest BCUT2D eigenvalue weighted by molar-refractivity contribution is 0.232. The standard InChI is InChI=1S/C9H20N2O2S/c1-5-14(13)7-6-10-8(12)11-9(2,3)4/h5-7H2,1-4H3,(H2,10,11,12). The number of rotatable bonds is 4. The van der Waals surface area contributed by atoms with E-state index in [4.69, 9.17) is 0 Å². The molecule has 0 saturated carbocycles. The lowest BCUT2D eigenvalue weighted by atomic mass is 10.1. The molecule has 0 saturated heterocycles. The number of carbonyl (C=O) groups is 1. The number of amides is 2. The van der Waals surface area contributed by atoms with Crippen LogP contribution >= 0.6 is 0 Å². The van der Waals surface area contributed by atoms with Gasteiger partial charge in [0.2, 0.25) is 0 Å². The van der Waals surface area contributed by atoms with Crippen LogP contribution in [0.3, 0.4) is 0 Å². The largest absolute Gasteiger partial charge is 0.337 e. The molecule has 0 fully saturated rings. The molecular weight excluding hydrogens is 200 g/mol. The Morgan fingerprint density at radius 1 is 1.36 bits per heavy atom. The Kier molecular flexibility index (Phi) is 5.76. The average Bonchev–Trinajstić information content (AvgIpc) is 2.00. The topological polar surface area (TPSA) is 58.2 Å². The van der Waals surface area contributed by atoms with Gasteiger partial charge < -0.3 is 10.6 Å². The number of carbonyl (C=O) groups excluding carboxylic acids is 1. The summed E-state index contributed by atoms with van der Waals surface area (Å²) in [5.74, 6) is 1.16. The third-order valence-electron chi connectivity index (χ3n) is 1.43. The molecule has 1 unspecified atom stereocenters. The molecule has 5 heteroatoms. The zero-order chi connectivity index (χ0) is 11.2. The summed E-state index contributed by atoms with van der Waals surface area (Å²) in [5, 5.41) is 5.42. The van der Waals surface area contributed by atoms with Crippen LogP contribution in [0.15, 0.2) is 0 Å². The van der Waals surface area contributed by atoms with Crippen molar-refractivity contribution in [2.24, 2.45) is 0 Å². The van der Waals surface area contributed by atoms with Crippen LogP contribution in [0.5, 0.6) is 0 Å². The fourth-order valence-electron chi connectivity index (χ4n) is 0.808. The van der Waals surface area contributed by atoms with Crippen LogP contribution in [0.4, 0.5) is 4.79 Å². The molecule has 1 atom stereocenters. The van der Waals surface area contributed by atoms with Gasteiger partial charge in [-0.15, -0.1) is 0 Å². The van der Waals surface area contributed by atoms with Crippen molar-refractivity contribution in [2.75, 3.05) is 18.1 Å². The second kappa shape index (κ2) is 6.01. The minimum atomic E-state index is -0.809. The molecule has 84 valence electrons. The van der Waals surface area contributed by atoms with Crippen molar-refractivity contribution in [3.05, 3.63) is 0 Å². The Labute approximate surface area is 88.3 Å². The van der Waals surface area contributed by atoms with Gasteiger partial charge in [0.1, 0.15) is 0 Å². The van der Waals surface area contributed by atoms with Gasteiger partial charge >= 0.3 is 6.03 Å². The van der Waals surface area contributed by atoms with E-state index in [9.17, 15) is 9.00 Å². The highest BCUT2D eigenvalue weighted by molar-refractivity contribution is 7.84. The van der Waals surface area contributed by atoms with E-state index >= 15 is 0 Å². The molecule has 0 aliphatic carbocycles. The fraction of sp³-hybridized carbons (Fsp3) is 0.889. The highest BCUT2D eigenvalue weighted by atomic mass is 32.2. The maximum atomic E-state index is 11.2. The third kappa shape index (κ3) is 8.04. The average molecular weight is 220 g/mol. The molecule has 2 N–H and O–H groups in total. The third-order valence-corrected chi connectivity index (χ3v) is 2.73. The van der Waals surface area contributed by atoms with Crippen molar-refractivity contribution in [2.45, 2.75) is 33.2 Å². The zero-order valence-corrected chi connectivity index (χ0v) is 10.2. The van der Waals surface area contributed by atoms with Crippen LogP contribution < -0.4 is 10.6 Å². The van der Waals surface area contributed by atoms with Crippen LogP contribution in [-0.2, 0) is 10.8 Å². The predicted octanol–water partition coefficient (Wildman–Crippen LogP) is 0.853. The van der Waals surface area contributed by atoms with E-state index in [2.05, 4.69) is 10.6 Å². The van der Waals surface area contributed by atoms with Gasteiger partial charge in [0.25, 0.3) is 0 Å². The normalized spacial score (nSPS) is 13.4. The highest BCUT2D eigenvalue weighted by Gasteiger charge is 2.12. The van der Waals surface area contributed by atoms with Crippen LogP contribution in [0.1, 0.15) is 27.7 Å². The molecule has 2 amide bonds. The summed E-state index contributed by atoms with van der Waals surface area (Å²) in [5.41, 5.74) is -0.228. The van der Waals surface area contributed by atoms with Crippen molar-refractivity contribution in [1.29, 1.82) is 0 Å². The molecule has 0 aromatic carbocycles. The van der Waals surface area contributed by atoms with Crippen molar-refractivity contribution in [3.63, 3.8) is 0 Å². The van der Waals surface area contributed by atoms with Gasteiger partial charge in [-0.05, 0) is 20.8 Å². The second-order valence-corrected chi connectivity index (χ2v) is 5.93. The summed E-state index contributed by atoms with van der Waals surface area (Å²) in [6, 6.07) is -0.203. The minimum absolute atomic E-state index is 0.203. The summed E-state index contributed by atoms with van der Waals surface area (Å²) in [6.45, 7) is 8.07. The number of nitrogens with one attached hydrogen (secondary N) is 2. The molecule has 0 heterocycles. The van der Waals surface area contributed by atoms with Gasteiger partial charge in [-0.1, -0.05) is 6.92 Å². The summed E-state index contributed by atoms with van der Waals surface area (Å²) in [7, 11) is -0.809. The van der Waals surface area contributed by atoms with E-state index in [1.807, 2.05) is 27.7 Å².